The van der Waals surface area contributed by atoms with Gasteiger partial charge in [-0.2, -0.15) is 0 Å². The first-order chi connectivity index (χ1) is 11.5. The van der Waals surface area contributed by atoms with Crippen LogP contribution in [0.25, 0.3) is 0 Å². The minimum atomic E-state index is -0.872. The molecule has 8 heteroatoms. The number of amides is 1. The summed E-state index contributed by atoms with van der Waals surface area (Å²) in [5.41, 5.74) is 0.213. The Morgan fingerprint density at radius 1 is 1.21 bits per heavy atom. The van der Waals surface area contributed by atoms with Gasteiger partial charge in [-0.25, -0.2) is 0 Å². The van der Waals surface area contributed by atoms with Crippen molar-refractivity contribution in [1.29, 1.82) is 0 Å². The molecule has 0 saturated carbocycles. The molecule has 1 atom stereocenters. The summed E-state index contributed by atoms with van der Waals surface area (Å²) in [7, 11) is 0. The molecule has 1 saturated heterocycles. The maximum atomic E-state index is 12.3. The lowest BCUT2D eigenvalue weighted by Crippen LogP contribution is -2.30. The molecule has 1 amide bonds. The van der Waals surface area contributed by atoms with E-state index < -0.39 is 11.9 Å². The standard InChI is InChI=1S/C16H14ClN3O3S/c17-11-3-1-2-4-13(11)24-14-6-5-12(18-19-14)15(21)20-8-7-10(9-20)16(22)23/h1-6,10H,7-9H2,(H,22,23). The Bertz CT molecular complexity index is 769. The molecule has 0 bridgehead atoms. The van der Waals surface area contributed by atoms with Crippen molar-refractivity contribution in [3.05, 3.63) is 47.1 Å². The predicted molar refractivity (Wildman–Crippen MR) is 89.3 cm³/mol. The second kappa shape index (κ2) is 7.19. The van der Waals surface area contributed by atoms with Crippen LogP contribution in [0.15, 0.2) is 46.3 Å². The van der Waals surface area contributed by atoms with Crippen LogP contribution in [0, 0.1) is 5.92 Å². The summed E-state index contributed by atoms with van der Waals surface area (Å²) in [4.78, 5) is 25.7. The van der Waals surface area contributed by atoms with Crippen LogP contribution in [-0.4, -0.2) is 45.2 Å². The van der Waals surface area contributed by atoms with Gasteiger partial charge in [0.1, 0.15) is 5.03 Å². The first-order valence-corrected chi connectivity index (χ1v) is 8.52. The molecule has 2 heterocycles. The van der Waals surface area contributed by atoms with E-state index in [0.717, 1.165) is 4.90 Å². The number of aromatic nitrogens is 2. The number of carbonyl (C=O) groups is 2. The van der Waals surface area contributed by atoms with Crippen molar-refractivity contribution in [2.75, 3.05) is 13.1 Å². The Morgan fingerprint density at radius 3 is 2.62 bits per heavy atom. The Kier molecular flexibility index (Phi) is 5.01. The van der Waals surface area contributed by atoms with Crippen LogP contribution in [0.2, 0.25) is 5.02 Å². The number of aliphatic carboxylic acids is 1. The lowest BCUT2D eigenvalue weighted by Gasteiger charge is -2.14. The molecule has 1 aromatic heterocycles. The molecule has 24 heavy (non-hydrogen) atoms. The van der Waals surface area contributed by atoms with E-state index in [-0.39, 0.29) is 18.1 Å². The molecule has 124 valence electrons. The van der Waals surface area contributed by atoms with Gasteiger partial charge >= 0.3 is 5.97 Å². The molecular formula is C16H14ClN3O3S. The van der Waals surface area contributed by atoms with Crippen LogP contribution in [0.1, 0.15) is 16.9 Å². The summed E-state index contributed by atoms with van der Waals surface area (Å²) < 4.78 is 0. The van der Waals surface area contributed by atoms with E-state index in [1.165, 1.54) is 16.7 Å². The van der Waals surface area contributed by atoms with Gasteiger partial charge in [0.25, 0.3) is 5.91 Å². The van der Waals surface area contributed by atoms with E-state index in [9.17, 15) is 9.59 Å². The van der Waals surface area contributed by atoms with Gasteiger partial charge in [0, 0.05) is 18.0 Å². The highest BCUT2D eigenvalue weighted by Crippen LogP contribution is 2.31. The maximum absolute atomic E-state index is 12.3. The van der Waals surface area contributed by atoms with E-state index in [0.29, 0.717) is 23.0 Å². The number of carbonyl (C=O) groups excluding carboxylic acids is 1. The monoisotopic (exact) mass is 363 g/mol. The zero-order chi connectivity index (χ0) is 17.1. The summed E-state index contributed by atoms with van der Waals surface area (Å²) in [6.07, 6.45) is 0.467. The van der Waals surface area contributed by atoms with Gasteiger partial charge in [-0.3, -0.25) is 9.59 Å². The molecule has 0 spiro atoms. The molecule has 3 rings (SSSR count). The molecule has 0 aliphatic carbocycles. The van der Waals surface area contributed by atoms with Crippen molar-refractivity contribution in [2.24, 2.45) is 5.92 Å². The number of benzene rings is 1. The summed E-state index contributed by atoms with van der Waals surface area (Å²) in [5.74, 6) is -1.67. The number of likely N-dealkylation sites (tertiary alicyclic amines) is 1. The SMILES string of the molecule is O=C(O)C1CCN(C(=O)c2ccc(Sc3ccccc3Cl)nn2)C1. The normalized spacial score (nSPS) is 17.0. The average Bonchev–Trinajstić information content (AvgIpc) is 3.07. The number of carboxylic acids is 1. The number of halogens is 1. The fraction of sp³-hybridized carbons (Fsp3) is 0.250. The van der Waals surface area contributed by atoms with Crippen LogP contribution >= 0.6 is 23.4 Å². The fourth-order valence-electron chi connectivity index (χ4n) is 2.44. The third-order valence-corrected chi connectivity index (χ3v) is 5.18. The summed E-state index contributed by atoms with van der Waals surface area (Å²) in [6, 6.07) is 10.7. The van der Waals surface area contributed by atoms with Crippen molar-refractivity contribution >= 4 is 35.2 Å². The number of rotatable bonds is 4. The van der Waals surface area contributed by atoms with Gasteiger partial charge in [0.2, 0.25) is 0 Å². The van der Waals surface area contributed by atoms with Gasteiger partial charge in [-0.1, -0.05) is 35.5 Å². The van der Waals surface area contributed by atoms with E-state index in [1.54, 1.807) is 18.2 Å². The Hall–Kier alpha value is -2.12. The first-order valence-electron chi connectivity index (χ1n) is 7.33. The summed E-state index contributed by atoms with van der Waals surface area (Å²) in [5, 5.41) is 18.3. The van der Waals surface area contributed by atoms with Gasteiger partial charge in [-0.15, -0.1) is 10.2 Å². The zero-order valence-corrected chi connectivity index (χ0v) is 14.1. The van der Waals surface area contributed by atoms with Crippen LogP contribution < -0.4 is 0 Å². The van der Waals surface area contributed by atoms with Crippen molar-refractivity contribution < 1.29 is 14.7 Å². The van der Waals surface area contributed by atoms with Crippen molar-refractivity contribution in [2.45, 2.75) is 16.3 Å². The largest absolute Gasteiger partial charge is 0.481 e. The van der Waals surface area contributed by atoms with Gasteiger partial charge in [0.15, 0.2) is 5.69 Å². The summed E-state index contributed by atoms with van der Waals surface area (Å²) >= 11 is 7.47. The van der Waals surface area contributed by atoms with Crippen molar-refractivity contribution in [3.8, 4) is 0 Å². The number of nitrogens with zero attached hydrogens (tertiary/aromatic N) is 3. The molecule has 1 aromatic carbocycles. The zero-order valence-electron chi connectivity index (χ0n) is 12.6. The van der Waals surface area contributed by atoms with Crippen molar-refractivity contribution in [1.82, 2.24) is 15.1 Å². The molecular weight excluding hydrogens is 350 g/mol. The third kappa shape index (κ3) is 3.68. The van der Waals surface area contributed by atoms with Crippen LogP contribution in [0.5, 0.6) is 0 Å². The van der Waals surface area contributed by atoms with Gasteiger partial charge < -0.3 is 10.0 Å². The molecule has 1 unspecified atom stereocenters. The minimum absolute atomic E-state index is 0.213. The highest BCUT2D eigenvalue weighted by molar-refractivity contribution is 7.99. The van der Waals surface area contributed by atoms with E-state index in [4.69, 9.17) is 16.7 Å². The lowest BCUT2D eigenvalue weighted by atomic mass is 10.1. The highest BCUT2D eigenvalue weighted by atomic mass is 35.5. The molecule has 1 fully saturated rings. The first kappa shape index (κ1) is 16.7. The predicted octanol–water partition coefficient (Wildman–Crippen LogP) is 2.83. The smallest absolute Gasteiger partial charge is 0.308 e. The number of hydrogen-bond acceptors (Lipinski definition) is 5. The average molecular weight is 364 g/mol. The minimum Gasteiger partial charge on any atom is -0.481 e. The maximum Gasteiger partial charge on any atom is 0.308 e. The van der Waals surface area contributed by atoms with E-state index in [1.807, 2.05) is 18.2 Å². The molecule has 0 radical (unpaired) electrons. The lowest BCUT2D eigenvalue weighted by molar-refractivity contribution is -0.141. The molecule has 2 aromatic rings. The number of hydrogen-bond donors (Lipinski definition) is 1. The second-order valence-corrected chi connectivity index (χ2v) is 6.83. The second-order valence-electron chi connectivity index (χ2n) is 5.36. The quantitative estimate of drug-likeness (QED) is 0.899. The molecule has 1 aliphatic heterocycles. The van der Waals surface area contributed by atoms with E-state index >= 15 is 0 Å². The molecule has 1 N–H and O–H groups in total. The highest BCUT2D eigenvalue weighted by Gasteiger charge is 2.31. The third-order valence-electron chi connectivity index (χ3n) is 3.74. The van der Waals surface area contributed by atoms with Crippen LogP contribution in [0.4, 0.5) is 0 Å². The van der Waals surface area contributed by atoms with Gasteiger partial charge in [0.05, 0.1) is 10.9 Å². The van der Waals surface area contributed by atoms with Gasteiger partial charge in [-0.05, 0) is 30.7 Å². The summed E-state index contributed by atoms with van der Waals surface area (Å²) in [6.45, 7) is 0.638. The van der Waals surface area contributed by atoms with Crippen molar-refractivity contribution in [3.63, 3.8) is 0 Å². The topological polar surface area (TPSA) is 83.4 Å². The molecule has 1 aliphatic rings. The van der Waals surface area contributed by atoms with Crippen LogP contribution in [-0.2, 0) is 4.79 Å². The molecule has 6 nitrogen and oxygen atoms in total. The fourth-order valence-corrected chi connectivity index (χ4v) is 3.44. The Morgan fingerprint density at radius 2 is 2.00 bits per heavy atom. The number of carboxylic acid groups (broad SMARTS) is 1. The Balaban J connectivity index is 1.67. The van der Waals surface area contributed by atoms with Crippen LogP contribution in [0.3, 0.4) is 0 Å². The Labute approximate surface area is 147 Å². The van der Waals surface area contributed by atoms with E-state index in [2.05, 4.69) is 10.2 Å².